The molecule has 0 aliphatic rings. The van der Waals surface area contributed by atoms with Crippen LogP contribution in [-0.4, -0.2) is 19.6 Å². The number of allylic oxidation sites excluding steroid dienone is 2. The van der Waals surface area contributed by atoms with Gasteiger partial charge in [-0.3, -0.25) is 4.79 Å². The van der Waals surface area contributed by atoms with E-state index >= 15 is 0 Å². The molecule has 0 aliphatic carbocycles. The minimum absolute atomic E-state index is 0.107. The second-order valence-corrected chi connectivity index (χ2v) is 7.19. The molecule has 0 saturated carbocycles. The van der Waals surface area contributed by atoms with Crippen molar-refractivity contribution in [2.45, 2.75) is 26.6 Å². The van der Waals surface area contributed by atoms with Crippen molar-refractivity contribution in [1.82, 2.24) is 13.7 Å². The normalized spacial score (nSPS) is 10.5. The largest absolute Gasteiger partial charge is 0.455 e. The highest BCUT2D eigenvalue weighted by molar-refractivity contribution is 5.92. The lowest BCUT2D eigenvalue weighted by molar-refractivity contribution is -0.116. The number of benzene rings is 2. The standard InChI is InChI=1S/C24H24N4O5/c1-4-14-26-22(30)27(15-5-2)24(32)28(23(26)31)16-21(29)25-19-8-6-7-9-20(19)33-18-12-10-17(3)11-13-18/h4-13H,1-2,14-16H2,3H3,(H,25,29). The Morgan fingerprint density at radius 1 is 0.879 bits per heavy atom. The summed E-state index contributed by atoms with van der Waals surface area (Å²) in [5, 5.41) is 2.66. The first-order chi connectivity index (χ1) is 15.8. The lowest BCUT2D eigenvalue weighted by Crippen LogP contribution is -2.55. The summed E-state index contributed by atoms with van der Waals surface area (Å²) in [5.41, 5.74) is -1.15. The first kappa shape index (κ1) is 23.3. The number of para-hydroxylation sites is 2. The van der Waals surface area contributed by atoms with E-state index in [1.165, 1.54) is 12.2 Å². The Kier molecular flexibility index (Phi) is 7.24. The predicted octanol–water partition coefficient (Wildman–Crippen LogP) is 2.28. The van der Waals surface area contributed by atoms with E-state index in [2.05, 4.69) is 18.5 Å². The van der Waals surface area contributed by atoms with Crippen LogP contribution in [0, 0.1) is 6.92 Å². The molecule has 3 aromatic rings. The average molecular weight is 448 g/mol. The number of ether oxygens (including phenoxy) is 1. The van der Waals surface area contributed by atoms with E-state index in [0.717, 1.165) is 14.7 Å². The zero-order valence-corrected chi connectivity index (χ0v) is 18.2. The van der Waals surface area contributed by atoms with Gasteiger partial charge in [0, 0.05) is 0 Å². The molecule has 0 saturated heterocycles. The molecule has 9 heteroatoms. The maximum Gasteiger partial charge on any atom is 0.337 e. The summed E-state index contributed by atoms with van der Waals surface area (Å²) in [6.45, 7) is 8.20. The monoisotopic (exact) mass is 448 g/mol. The third kappa shape index (κ3) is 5.27. The average Bonchev–Trinajstić information content (AvgIpc) is 2.80. The summed E-state index contributed by atoms with van der Waals surface area (Å²) in [5.74, 6) is 0.341. The van der Waals surface area contributed by atoms with Gasteiger partial charge in [-0.05, 0) is 31.2 Å². The molecule has 0 fully saturated rings. The molecule has 0 radical (unpaired) electrons. The molecule has 0 unspecified atom stereocenters. The molecule has 1 N–H and O–H groups in total. The maximum absolute atomic E-state index is 12.8. The molecule has 0 atom stereocenters. The maximum atomic E-state index is 12.8. The summed E-state index contributed by atoms with van der Waals surface area (Å²) < 4.78 is 8.23. The molecular weight excluding hydrogens is 424 g/mol. The fourth-order valence-corrected chi connectivity index (χ4v) is 3.11. The Balaban J connectivity index is 1.90. The van der Waals surface area contributed by atoms with E-state index in [9.17, 15) is 19.2 Å². The molecular formula is C24H24N4O5. The van der Waals surface area contributed by atoms with Crippen LogP contribution in [0.15, 0.2) is 88.2 Å². The summed E-state index contributed by atoms with van der Waals surface area (Å²) in [6.07, 6.45) is 2.71. The first-order valence-electron chi connectivity index (χ1n) is 10.2. The quantitative estimate of drug-likeness (QED) is 0.506. The number of aromatic nitrogens is 3. The van der Waals surface area contributed by atoms with Crippen molar-refractivity contribution >= 4 is 11.6 Å². The number of aryl methyl sites for hydroxylation is 1. The fourth-order valence-electron chi connectivity index (χ4n) is 3.11. The molecule has 0 aliphatic heterocycles. The van der Waals surface area contributed by atoms with Gasteiger partial charge >= 0.3 is 17.1 Å². The predicted molar refractivity (Wildman–Crippen MR) is 126 cm³/mol. The molecule has 1 amide bonds. The van der Waals surface area contributed by atoms with Gasteiger partial charge in [-0.15, -0.1) is 13.2 Å². The molecule has 0 bridgehead atoms. The second kappa shape index (κ2) is 10.3. The first-order valence-corrected chi connectivity index (χ1v) is 10.2. The third-order valence-corrected chi connectivity index (χ3v) is 4.72. The Bertz CT molecular complexity index is 1320. The van der Waals surface area contributed by atoms with E-state index in [0.29, 0.717) is 21.8 Å². The van der Waals surface area contributed by atoms with E-state index in [4.69, 9.17) is 4.74 Å². The van der Waals surface area contributed by atoms with Gasteiger partial charge in [-0.2, -0.15) is 0 Å². The van der Waals surface area contributed by atoms with Crippen molar-refractivity contribution in [1.29, 1.82) is 0 Å². The molecule has 9 nitrogen and oxygen atoms in total. The number of hydrogen-bond acceptors (Lipinski definition) is 5. The highest BCUT2D eigenvalue weighted by atomic mass is 16.5. The Labute approximate surface area is 189 Å². The Morgan fingerprint density at radius 3 is 2.00 bits per heavy atom. The van der Waals surface area contributed by atoms with Crippen LogP contribution >= 0.6 is 0 Å². The number of amides is 1. The fraction of sp³-hybridized carbons (Fsp3) is 0.167. The van der Waals surface area contributed by atoms with Crippen molar-refractivity contribution in [2.24, 2.45) is 0 Å². The van der Waals surface area contributed by atoms with Gasteiger partial charge in [0.1, 0.15) is 12.3 Å². The SMILES string of the molecule is C=CCn1c(=O)n(CC=C)c(=O)n(CC(=O)Nc2ccccc2Oc2ccc(C)cc2)c1=O. The number of hydrogen-bond donors (Lipinski definition) is 1. The number of nitrogens with zero attached hydrogens (tertiary/aromatic N) is 3. The Hall–Kier alpha value is -4.40. The van der Waals surface area contributed by atoms with Gasteiger partial charge in [-0.1, -0.05) is 42.0 Å². The highest BCUT2D eigenvalue weighted by Crippen LogP contribution is 2.29. The molecule has 3 rings (SSSR count). The van der Waals surface area contributed by atoms with Gasteiger partial charge in [-0.25, -0.2) is 28.1 Å². The lowest BCUT2D eigenvalue weighted by Gasteiger charge is -2.14. The van der Waals surface area contributed by atoms with Gasteiger partial charge < -0.3 is 10.1 Å². The van der Waals surface area contributed by atoms with Crippen LogP contribution in [0.2, 0.25) is 0 Å². The van der Waals surface area contributed by atoms with Gasteiger partial charge in [0.05, 0.1) is 18.8 Å². The molecule has 1 aromatic heterocycles. The number of carbonyl (C=O) groups excluding carboxylic acids is 1. The summed E-state index contributed by atoms with van der Waals surface area (Å²) in [7, 11) is 0. The van der Waals surface area contributed by atoms with E-state index in [-0.39, 0.29) is 13.1 Å². The van der Waals surface area contributed by atoms with Crippen LogP contribution in [0.5, 0.6) is 11.5 Å². The van der Waals surface area contributed by atoms with Crippen LogP contribution in [-0.2, 0) is 24.4 Å². The molecule has 170 valence electrons. The van der Waals surface area contributed by atoms with Crippen LogP contribution in [0.4, 0.5) is 5.69 Å². The van der Waals surface area contributed by atoms with Crippen molar-refractivity contribution < 1.29 is 9.53 Å². The van der Waals surface area contributed by atoms with E-state index < -0.39 is 29.5 Å². The zero-order chi connectivity index (χ0) is 24.0. The smallest absolute Gasteiger partial charge is 0.337 e. The second-order valence-electron chi connectivity index (χ2n) is 7.19. The van der Waals surface area contributed by atoms with Gasteiger partial charge in [0.2, 0.25) is 5.91 Å². The topological polar surface area (TPSA) is 104 Å². The Morgan fingerprint density at radius 2 is 1.42 bits per heavy atom. The number of nitrogens with one attached hydrogen (secondary N) is 1. The summed E-state index contributed by atoms with van der Waals surface area (Å²) in [6, 6.07) is 14.2. The van der Waals surface area contributed by atoms with Crippen molar-refractivity contribution in [3.05, 3.63) is 111 Å². The molecule has 2 aromatic carbocycles. The number of carbonyl (C=O) groups is 1. The van der Waals surface area contributed by atoms with E-state index in [1.54, 1.807) is 36.4 Å². The third-order valence-electron chi connectivity index (χ3n) is 4.72. The lowest BCUT2D eigenvalue weighted by atomic mass is 10.2. The zero-order valence-electron chi connectivity index (χ0n) is 18.2. The number of anilines is 1. The minimum Gasteiger partial charge on any atom is -0.455 e. The van der Waals surface area contributed by atoms with Gasteiger partial charge in [0.15, 0.2) is 5.75 Å². The van der Waals surface area contributed by atoms with E-state index in [1.807, 2.05) is 19.1 Å². The molecule has 33 heavy (non-hydrogen) atoms. The van der Waals surface area contributed by atoms with Crippen molar-refractivity contribution in [3.8, 4) is 11.5 Å². The van der Waals surface area contributed by atoms with Crippen LogP contribution in [0.1, 0.15) is 5.56 Å². The minimum atomic E-state index is -0.899. The molecule has 1 heterocycles. The van der Waals surface area contributed by atoms with Crippen LogP contribution in [0.3, 0.4) is 0 Å². The summed E-state index contributed by atoms with van der Waals surface area (Å²) >= 11 is 0. The van der Waals surface area contributed by atoms with Gasteiger partial charge in [0.25, 0.3) is 0 Å². The van der Waals surface area contributed by atoms with Crippen molar-refractivity contribution in [2.75, 3.05) is 5.32 Å². The van der Waals surface area contributed by atoms with Crippen molar-refractivity contribution in [3.63, 3.8) is 0 Å². The van der Waals surface area contributed by atoms with Crippen LogP contribution < -0.4 is 27.1 Å². The number of rotatable bonds is 9. The summed E-state index contributed by atoms with van der Waals surface area (Å²) in [4.78, 5) is 50.6. The highest BCUT2D eigenvalue weighted by Gasteiger charge is 2.17. The molecule has 0 spiro atoms. The van der Waals surface area contributed by atoms with Crippen LogP contribution in [0.25, 0.3) is 0 Å².